The highest BCUT2D eigenvalue weighted by atomic mass is 32.1. The minimum absolute atomic E-state index is 0.0536. The molecule has 2 aromatic carbocycles. The van der Waals surface area contributed by atoms with E-state index in [9.17, 15) is 9.59 Å². The minimum atomic E-state index is -1.58. The standard InChI is InChI=1S/C25H17N3O6S/c29-24(27-20-12-26-22(15-4-2-1-3-5-15)28-23(20)34-25(30)31)32-13-19-11-18-10-16(6-7-21(18)33-19)17-8-9-35-14-17/h1-12,14H,13H2,(H,27,29)(H,30,31). The number of carboxylic acid groups (broad SMARTS) is 1. The molecule has 0 saturated heterocycles. The van der Waals surface area contributed by atoms with Gasteiger partial charge in [0.05, 0.1) is 6.20 Å². The molecule has 9 nitrogen and oxygen atoms in total. The Morgan fingerprint density at radius 3 is 2.66 bits per heavy atom. The summed E-state index contributed by atoms with van der Waals surface area (Å²) in [4.78, 5) is 31.8. The highest BCUT2D eigenvalue weighted by Crippen LogP contribution is 2.29. The molecule has 1 amide bonds. The van der Waals surface area contributed by atoms with Gasteiger partial charge in [-0.05, 0) is 46.2 Å². The third-order valence-electron chi connectivity index (χ3n) is 4.97. The summed E-state index contributed by atoms with van der Waals surface area (Å²) in [5, 5.41) is 16.4. The van der Waals surface area contributed by atoms with Crippen LogP contribution in [0.4, 0.5) is 15.3 Å². The second kappa shape index (κ2) is 9.65. The van der Waals surface area contributed by atoms with Gasteiger partial charge in [0.15, 0.2) is 12.4 Å². The number of rotatable bonds is 6. The summed E-state index contributed by atoms with van der Waals surface area (Å²) < 4.78 is 15.7. The monoisotopic (exact) mass is 487 g/mol. The Hall–Kier alpha value is -4.70. The van der Waals surface area contributed by atoms with Gasteiger partial charge in [-0.2, -0.15) is 16.3 Å². The van der Waals surface area contributed by atoms with Crippen LogP contribution in [0.1, 0.15) is 5.76 Å². The van der Waals surface area contributed by atoms with Crippen LogP contribution in [-0.4, -0.2) is 27.3 Å². The number of aromatic nitrogens is 2. The van der Waals surface area contributed by atoms with Crippen molar-refractivity contribution in [2.75, 3.05) is 5.32 Å². The fourth-order valence-corrected chi connectivity index (χ4v) is 4.06. The molecule has 0 unspecified atom stereocenters. The number of amides is 1. The van der Waals surface area contributed by atoms with Gasteiger partial charge in [0.1, 0.15) is 17.0 Å². The summed E-state index contributed by atoms with van der Waals surface area (Å²) >= 11 is 1.62. The maximum Gasteiger partial charge on any atom is 0.512 e. The van der Waals surface area contributed by atoms with Gasteiger partial charge in [-0.1, -0.05) is 36.4 Å². The third kappa shape index (κ3) is 5.12. The van der Waals surface area contributed by atoms with E-state index < -0.39 is 12.2 Å². The van der Waals surface area contributed by atoms with Gasteiger partial charge in [-0.15, -0.1) is 0 Å². The normalized spacial score (nSPS) is 10.7. The lowest BCUT2D eigenvalue weighted by Gasteiger charge is -2.10. The second-order valence-corrected chi connectivity index (χ2v) is 8.10. The van der Waals surface area contributed by atoms with Gasteiger partial charge in [0.2, 0.25) is 0 Å². The van der Waals surface area contributed by atoms with Crippen LogP contribution in [0.2, 0.25) is 0 Å². The van der Waals surface area contributed by atoms with Crippen molar-refractivity contribution in [2.24, 2.45) is 0 Å². The van der Waals surface area contributed by atoms with Gasteiger partial charge in [0.25, 0.3) is 5.88 Å². The molecule has 2 N–H and O–H groups in total. The lowest BCUT2D eigenvalue weighted by Crippen LogP contribution is -2.16. The summed E-state index contributed by atoms with van der Waals surface area (Å²) in [5.74, 6) is 0.369. The second-order valence-electron chi connectivity index (χ2n) is 7.32. The molecule has 0 aliphatic carbocycles. The van der Waals surface area contributed by atoms with E-state index in [1.807, 2.05) is 35.7 Å². The first kappa shape index (κ1) is 22.1. The molecule has 5 rings (SSSR count). The molecule has 5 aromatic rings. The number of fused-ring (bicyclic) bond motifs is 1. The third-order valence-corrected chi connectivity index (χ3v) is 5.66. The van der Waals surface area contributed by atoms with Crippen molar-refractivity contribution in [3.8, 4) is 28.4 Å². The van der Waals surface area contributed by atoms with Crippen molar-refractivity contribution >= 4 is 40.2 Å². The van der Waals surface area contributed by atoms with Gasteiger partial charge in [0, 0.05) is 10.9 Å². The van der Waals surface area contributed by atoms with Crippen LogP contribution in [0.3, 0.4) is 0 Å². The molecule has 0 atom stereocenters. The summed E-state index contributed by atoms with van der Waals surface area (Å²) in [6.07, 6.45) is -1.18. The molecular weight excluding hydrogens is 470 g/mol. The molecule has 0 fully saturated rings. The quantitative estimate of drug-likeness (QED) is 0.263. The number of benzene rings is 2. The van der Waals surface area contributed by atoms with Crippen LogP contribution in [-0.2, 0) is 11.3 Å². The van der Waals surface area contributed by atoms with Crippen molar-refractivity contribution in [3.63, 3.8) is 0 Å². The fraction of sp³-hybridized carbons (Fsp3) is 0.0400. The number of hydrogen-bond donors (Lipinski definition) is 2. The zero-order chi connectivity index (χ0) is 24.2. The Labute approximate surface area is 202 Å². The number of carbonyl (C=O) groups excluding carboxylic acids is 1. The number of thiophene rings is 1. The Morgan fingerprint density at radius 1 is 1.03 bits per heavy atom. The van der Waals surface area contributed by atoms with E-state index in [1.54, 1.807) is 41.7 Å². The number of ether oxygens (including phenoxy) is 2. The van der Waals surface area contributed by atoms with Crippen LogP contribution in [0.5, 0.6) is 5.88 Å². The maximum atomic E-state index is 12.4. The van der Waals surface area contributed by atoms with Gasteiger partial charge < -0.3 is 19.0 Å². The molecule has 10 heteroatoms. The van der Waals surface area contributed by atoms with Crippen LogP contribution in [0.15, 0.2) is 82.0 Å². The molecule has 0 radical (unpaired) electrons. The minimum Gasteiger partial charge on any atom is -0.457 e. The van der Waals surface area contributed by atoms with Crippen LogP contribution in [0.25, 0.3) is 33.5 Å². The average Bonchev–Trinajstić information content (AvgIpc) is 3.53. The fourth-order valence-electron chi connectivity index (χ4n) is 3.40. The van der Waals surface area contributed by atoms with E-state index in [0.29, 0.717) is 16.9 Å². The molecule has 3 heterocycles. The molecule has 3 aromatic heterocycles. The molecule has 0 bridgehead atoms. The number of carbonyl (C=O) groups is 2. The molecule has 0 aliphatic rings. The Balaban J connectivity index is 1.28. The number of nitrogens with one attached hydrogen (secondary N) is 1. The molecule has 35 heavy (non-hydrogen) atoms. The summed E-state index contributed by atoms with van der Waals surface area (Å²) in [7, 11) is 0. The highest BCUT2D eigenvalue weighted by molar-refractivity contribution is 7.08. The van der Waals surface area contributed by atoms with E-state index >= 15 is 0 Å². The Bertz CT molecular complexity index is 1500. The van der Waals surface area contributed by atoms with E-state index in [2.05, 4.69) is 20.7 Å². The van der Waals surface area contributed by atoms with Gasteiger partial charge in [-0.25, -0.2) is 14.6 Å². The Kier molecular flexibility index (Phi) is 6.10. The number of nitrogens with zero attached hydrogens (tertiary/aromatic N) is 2. The largest absolute Gasteiger partial charge is 0.512 e. The highest BCUT2D eigenvalue weighted by Gasteiger charge is 2.17. The smallest absolute Gasteiger partial charge is 0.457 e. The van der Waals surface area contributed by atoms with Gasteiger partial charge >= 0.3 is 12.2 Å². The molecule has 0 aliphatic heterocycles. The lowest BCUT2D eigenvalue weighted by atomic mass is 10.1. The summed E-state index contributed by atoms with van der Waals surface area (Å²) in [6, 6.07) is 18.6. The summed E-state index contributed by atoms with van der Waals surface area (Å²) in [6.45, 7) is -0.133. The first-order chi connectivity index (χ1) is 17.0. The lowest BCUT2D eigenvalue weighted by molar-refractivity contribution is 0.141. The van der Waals surface area contributed by atoms with E-state index in [1.165, 1.54) is 6.20 Å². The van der Waals surface area contributed by atoms with Gasteiger partial charge in [-0.3, -0.25) is 5.32 Å². The van der Waals surface area contributed by atoms with Crippen molar-refractivity contribution in [3.05, 3.63) is 83.4 Å². The zero-order valence-corrected chi connectivity index (χ0v) is 18.8. The van der Waals surface area contributed by atoms with Crippen LogP contribution >= 0.6 is 11.3 Å². The number of anilines is 1. The SMILES string of the molecule is O=C(O)Oc1nc(-c2ccccc2)ncc1NC(=O)OCc1cc2cc(-c3ccsc3)ccc2o1. The first-order valence-electron chi connectivity index (χ1n) is 10.4. The van der Waals surface area contributed by atoms with E-state index in [4.69, 9.17) is 19.0 Å². The first-order valence-corrected chi connectivity index (χ1v) is 11.3. The predicted octanol–water partition coefficient (Wildman–Crippen LogP) is 6.42. The Morgan fingerprint density at radius 2 is 1.89 bits per heavy atom. The maximum absolute atomic E-state index is 12.4. The van der Waals surface area contributed by atoms with Crippen molar-refractivity contribution in [1.82, 2.24) is 9.97 Å². The molecule has 174 valence electrons. The topological polar surface area (TPSA) is 124 Å². The summed E-state index contributed by atoms with van der Waals surface area (Å²) in [5.41, 5.74) is 3.46. The zero-order valence-electron chi connectivity index (χ0n) is 18.0. The van der Waals surface area contributed by atoms with Crippen molar-refractivity contribution in [2.45, 2.75) is 6.61 Å². The predicted molar refractivity (Wildman–Crippen MR) is 129 cm³/mol. The van der Waals surface area contributed by atoms with Crippen molar-refractivity contribution in [1.29, 1.82) is 0 Å². The van der Waals surface area contributed by atoms with E-state index in [0.717, 1.165) is 16.5 Å². The van der Waals surface area contributed by atoms with Crippen LogP contribution < -0.4 is 10.1 Å². The van der Waals surface area contributed by atoms with Crippen LogP contribution in [0, 0.1) is 0 Å². The number of furan rings is 1. The molecule has 0 spiro atoms. The van der Waals surface area contributed by atoms with Crippen molar-refractivity contribution < 1.29 is 28.6 Å². The average molecular weight is 487 g/mol. The van der Waals surface area contributed by atoms with E-state index in [-0.39, 0.29) is 24.0 Å². The molecule has 0 saturated carbocycles. The number of hydrogen-bond acceptors (Lipinski definition) is 8. The molecular formula is C25H17N3O6S.